The summed E-state index contributed by atoms with van der Waals surface area (Å²) in [4.78, 5) is 15.2. The van der Waals surface area contributed by atoms with E-state index in [9.17, 15) is 0 Å². The van der Waals surface area contributed by atoms with Gasteiger partial charge < -0.3 is 4.42 Å². The van der Waals surface area contributed by atoms with E-state index in [1.165, 1.54) is 16.7 Å². The molecule has 0 aliphatic carbocycles. The van der Waals surface area contributed by atoms with Crippen molar-refractivity contribution in [3.8, 4) is 67.5 Å². The predicted octanol–water partition coefficient (Wildman–Crippen LogP) is 12.9. The quantitative estimate of drug-likeness (QED) is 0.176. The van der Waals surface area contributed by atoms with Crippen LogP contribution in [-0.4, -0.2) is 15.0 Å². The van der Waals surface area contributed by atoms with Gasteiger partial charge in [-0.25, -0.2) is 15.0 Å². The van der Waals surface area contributed by atoms with Crippen LogP contribution in [0.1, 0.15) is 0 Å². The van der Waals surface area contributed by atoms with E-state index in [-0.39, 0.29) is 0 Å². The maximum absolute atomic E-state index is 6.84. The van der Waals surface area contributed by atoms with Gasteiger partial charge in [-0.1, -0.05) is 164 Å². The lowest BCUT2D eigenvalue weighted by Crippen LogP contribution is -2.00. The van der Waals surface area contributed by atoms with Gasteiger partial charge in [-0.15, -0.1) is 0 Å². The van der Waals surface area contributed by atoms with Crippen molar-refractivity contribution >= 4 is 32.7 Å². The van der Waals surface area contributed by atoms with Crippen LogP contribution in [0.3, 0.4) is 0 Å². The standard InChI is InChI=1S/C49H31N3O/c1-4-12-32(13-5-1)33-20-22-34(23-21-33)35-24-26-36(27-25-35)41-28-29-42(45-43-30-39-18-10-11-19-40(39)31-44(43)53-46(41)45)49-51-47(37-14-6-2-7-15-37)50-48(52-49)38-16-8-3-9-17-38/h1-31H. The second-order valence-electron chi connectivity index (χ2n) is 13.2. The number of benzene rings is 8. The molecule has 2 aromatic heterocycles. The smallest absolute Gasteiger partial charge is 0.164 e. The summed E-state index contributed by atoms with van der Waals surface area (Å²) < 4.78 is 6.84. The lowest BCUT2D eigenvalue weighted by Gasteiger charge is -2.11. The Morgan fingerprint density at radius 1 is 0.321 bits per heavy atom. The Morgan fingerprint density at radius 3 is 1.28 bits per heavy atom. The van der Waals surface area contributed by atoms with Gasteiger partial charge in [-0.2, -0.15) is 0 Å². The van der Waals surface area contributed by atoms with E-state index >= 15 is 0 Å². The van der Waals surface area contributed by atoms with E-state index in [2.05, 4.69) is 121 Å². The molecule has 8 aromatic carbocycles. The Kier molecular flexibility index (Phi) is 7.43. The molecule has 0 aliphatic heterocycles. The monoisotopic (exact) mass is 677 g/mol. The molecule has 4 nitrogen and oxygen atoms in total. The molecule has 0 fully saturated rings. The Labute approximate surface area is 306 Å². The Bertz CT molecular complexity index is 2840. The number of nitrogens with zero attached hydrogens (tertiary/aromatic N) is 3. The highest BCUT2D eigenvalue weighted by Gasteiger charge is 2.21. The summed E-state index contributed by atoms with van der Waals surface area (Å²) in [5, 5.41) is 4.27. The fourth-order valence-electron chi connectivity index (χ4n) is 7.24. The molecule has 4 heteroatoms. The van der Waals surface area contributed by atoms with Gasteiger partial charge in [0.05, 0.1) is 0 Å². The maximum atomic E-state index is 6.84. The number of rotatable bonds is 6. The fraction of sp³-hybridized carbons (Fsp3) is 0. The first kappa shape index (κ1) is 30.6. The van der Waals surface area contributed by atoms with Gasteiger partial charge in [0.2, 0.25) is 0 Å². The van der Waals surface area contributed by atoms with Crippen molar-refractivity contribution in [3.05, 3.63) is 188 Å². The zero-order valence-corrected chi connectivity index (χ0v) is 28.6. The minimum absolute atomic E-state index is 0.597. The van der Waals surface area contributed by atoms with E-state index in [0.717, 1.165) is 66.1 Å². The first-order valence-electron chi connectivity index (χ1n) is 17.8. The third-order valence-electron chi connectivity index (χ3n) is 9.95. The molecule has 0 bridgehead atoms. The summed E-state index contributed by atoms with van der Waals surface area (Å²) in [6.07, 6.45) is 0. The van der Waals surface area contributed by atoms with Gasteiger partial charge in [-0.3, -0.25) is 0 Å². The topological polar surface area (TPSA) is 51.8 Å². The first-order valence-corrected chi connectivity index (χ1v) is 17.8. The third-order valence-corrected chi connectivity index (χ3v) is 9.95. The molecule has 10 rings (SSSR count). The van der Waals surface area contributed by atoms with E-state index < -0.39 is 0 Å². The Morgan fingerprint density at radius 2 is 0.736 bits per heavy atom. The summed E-state index contributed by atoms with van der Waals surface area (Å²) in [6.45, 7) is 0. The molecule has 0 saturated heterocycles. The van der Waals surface area contributed by atoms with Crippen LogP contribution < -0.4 is 0 Å². The van der Waals surface area contributed by atoms with Gasteiger partial charge in [0.15, 0.2) is 17.5 Å². The minimum Gasteiger partial charge on any atom is -0.455 e. The van der Waals surface area contributed by atoms with Crippen LogP contribution >= 0.6 is 0 Å². The van der Waals surface area contributed by atoms with Gasteiger partial charge in [0.1, 0.15) is 11.2 Å². The number of fused-ring (bicyclic) bond motifs is 4. The minimum atomic E-state index is 0.597. The van der Waals surface area contributed by atoms with Gasteiger partial charge in [0, 0.05) is 33.0 Å². The average Bonchev–Trinajstić information content (AvgIpc) is 3.62. The van der Waals surface area contributed by atoms with Gasteiger partial charge >= 0.3 is 0 Å². The zero-order chi connectivity index (χ0) is 35.1. The molecule has 0 spiro atoms. The zero-order valence-electron chi connectivity index (χ0n) is 28.6. The summed E-state index contributed by atoms with van der Waals surface area (Å²) >= 11 is 0. The van der Waals surface area contributed by atoms with Gasteiger partial charge in [-0.05, 0) is 62.9 Å². The van der Waals surface area contributed by atoms with Crippen LogP contribution in [0.5, 0.6) is 0 Å². The molecule has 0 radical (unpaired) electrons. The summed E-state index contributed by atoms with van der Waals surface area (Å²) in [6, 6.07) is 65.2. The third kappa shape index (κ3) is 5.63. The second-order valence-corrected chi connectivity index (χ2v) is 13.2. The lowest BCUT2D eigenvalue weighted by atomic mass is 9.95. The van der Waals surface area contributed by atoms with Crippen molar-refractivity contribution in [2.45, 2.75) is 0 Å². The van der Waals surface area contributed by atoms with Crippen LogP contribution in [0.25, 0.3) is 100 Å². The normalized spacial score (nSPS) is 11.4. The average molecular weight is 678 g/mol. The van der Waals surface area contributed by atoms with Crippen molar-refractivity contribution in [3.63, 3.8) is 0 Å². The molecule has 2 heterocycles. The Hall–Kier alpha value is -7.17. The van der Waals surface area contributed by atoms with Crippen LogP contribution in [0.15, 0.2) is 192 Å². The molecule has 0 aliphatic rings. The second kappa shape index (κ2) is 12.9. The lowest BCUT2D eigenvalue weighted by molar-refractivity contribution is 0.670. The number of hydrogen-bond acceptors (Lipinski definition) is 4. The highest BCUT2D eigenvalue weighted by Crippen LogP contribution is 2.43. The number of aromatic nitrogens is 3. The largest absolute Gasteiger partial charge is 0.455 e. The highest BCUT2D eigenvalue weighted by molar-refractivity contribution is 6.18. The van der Waals surface area contributed by atoms with Crippen LogP contribution in [0.4, 0.5) is 0 Å². The van der Waals surface area contributed by atoms with Crippen molar-refractivity contribution in [2.24, 2.45) is 0 Å². The first-order chi connectivity index (χ1) is 26.2. The van der Waals surface area contributed by atoms with E-state index in [0.29, 0.717) is 17.5 Å². The molecule has 0 saturated carbocycles. The molecule has 0 atom stereocenters. The van der Waals surface area contributed by atoms with Crippen LogP contribution in [-0.2, 0) is 0 Å². The van der Waals surface area contributed by atoms with Crippen molar-refractivity contribution in [2.75, 3.05) is 0 Å². The SMILES string of the molecule is c1ccc(-c2ccc(-c3ccc(-c4ccc(-c5nc(-c6ccccc6)nc(-c6ccccc6)n5)c5c4oc4cc6ccccc6cc45)cc3)cc2)cc1. The van der Waals surface area contributed by atoms with Crippen molar-refractivity contribution in [1.29, 1.82) is 0 Å². The molecule has 0 N–H and O–H groups in total. The molecular weight excluding hydrogens is 647 g/mol. The molecule has 248 valence electrons. The predicted molar refractivity (Wildman–Crippen MR) is 217 cm³/mol. The van der Waals surface area contributed by atoms with E-state index in [1.807, 2.05) is 66.7 Å². The highest BCUT2D eigenvalue weighted by atomic mass is 16.3. The maximum Gasteiger partial charge on any atom is 0.164 e. The van der Waals surface area contributed by atoms with Crippen LogP contribution in [0, 0.1) is 0 Å². The Balaban J connectivity index is 1.14. The molecule has 0 unspecified atom stereocenters. The van der Waals surface area contributed by atoms with E-state index in [1.54, 1.807) is 0 Å². The number of furan rings is 1. The van der Waals surface area contributed by atoms with Gasteiger partial charge in [0.25, 0.3) is 0 Å². The molecule has 10 aromatic rings. The van der Waals surface area contributed by atoms with Crippen molar-refractivity contribution in [1.82, 2.24) is 15.0 Å². The molecule has 0 amide bonds. The summed E-state index contributed by atoms with van der Waals surface area (Å²) in [5.41, 5.74) is 11.2. The van der Waals surface area contributed by atoms with E-state index in [4.69, 9.17) is 19.4 Å². The number of hydrogen-bond donors (Lipinski definition) is 0. The summed E-state index contributed by atoms with van der Waals surface area (Å²) in [5.74, 6) is 1.84. The van der Waals surface area contributed by atoms with Crippen LogP contribution in [0.2, 0.25) is 0 Å². The fourth-order valence-corrected chi connectivity index (χ4v) is 7.24. The molecular formula is C49H31N3O. The molecule has 53 heavy (non-hydrogen) atoms. The van der Waals surface area contributed by atoms with Crippen molar-refractivity contribution < 1.29 is 4.42 Å². The summed E-state index contributed by atoms with van der Waals surface area (Å²) in [7, 11) is 0.